The number of nitrogens with one attached hydrogen (secondary N) is 1. The van der Waals surface area contributed by atoms with Crippen molar-refractivity contribution in [3.05, 3.63) is 18.0 Å². The number of hydrogen-bond acceptors (Lipinski definition) is 4. The van der Waals surface area contributed by atoms with Gasteiger partial charge in [-0.05, 0) is 25.5 Å². The molecular formula is C12H22N4O. The second-order valence-electron chi connectivity index (χ2n) is 4.73. The van der Waals surface area contributed by atoms with Gasteiger partial charge in [-0.3, -0.25) is 9.58 Å². The lowest BCUT2D eigenvalue weighted by Gasteiger charge is -2.23. The number of aryl methyl sites for hydroxylation is 1. The topological polar surface area (TPSA) is 53.3 Å². The minimum Gasteiger partial charge on any atom is -0.395 e. The maximum atomic E-state index is 9.11. The quantitative estimate of drug-likeness (QED) is 0.730. The Kier molecular flexibility index (Phi) is 4.53. The van der Waals surface area contributed by atoms with Gasteiger partial charge in [0.05, 0.1) is 12.3 Å². The van der Waals surface area contributed by atoms with E-state index in [1.165, 1.54) is 12.8 Å². The molecule has 1 aromatic heterocycles. The first-order chi connectivity index (χ1) is 8.28. The Morgan fingerprint density at radius 1 is 1.65 bits per heavy atom. The van der Waals surface area contributed by atoms with Gasteiger partial charge in [-0.1, -0.05) is 0 Å². The average Bonchev–Trinajstić information content (AvgIpc) is 2.91. The predicted molar refractivity (Wildman–Crippen MR) is 66.6 cm³/mol. The molecule has 0 bridgehead atoms. The molecule has 0 aromatic carbocycles. The zero-order valence-electron chi connectivity index (χ0n) is 10.5. The lowest BCUT2D eigenvalue weighted by molar-refractivity contribution is 0.177. The molecule has 1 saturated heterocycles. The molecule has 0 radical (unpaired) electrons. The Labute approximate surface area is 102 Å². The van der Waals surface area contributed by atoms with Gasteiger partial charge in [0.25, 0.3) is 0 Å². The summed E-state index contributed by atoms with van der Waals surface area (Å²) >= 11 is 0. The van der Waals surface area contributed by atoms with Crippen molar-refractivity contribution < 1.29 is 5.11 Å². The van der Waals surface area contributed by atoms with Gasteiger partial charge in [-0.2, -0.15) is 5.10 Å². The van der Waals surface area contributed by atoms with Crippen LogP contribution in [0.15, 0.2) is 12.3 Å². The van der Waals surface area contributed by atoms with E-state index >= 15 is 0 Å². The van der Waals surface area contributed by atoms with Crippen LogP contribution in [0.2, 0.25) is 0 Å². The van der Waals surface area contributed by atoms with Crippen LogP contribution < -0.4 is 5.32 Å². The number of aromatic nitrogens is 2. The second-order valence-corrected chi connectivity index (χ2v) is 4.73. The standard InChI is InChI=1S/C12H22N4O/c1-15-6-4-12(14-15)10-16(7-8-17)9-11-3-2-5-13-11/h4,6,11,13,17H,2-3,5,7-10H2,1H3. The Balaban J connectivity index is 1.87. The van der Waals surface area contributed by atoms with E-state index in [2.05, 4.69) is 15.3 Å². The fourth-order valence-electron chi connectivity index (χ4n) is 2.38. The summed E-state index contributed by atoms with van der Waals surface area (Å²) in [5, 5.41) is 17.0. The molecule has 1 aliphatic rings. The zero-order valence-corrected chi connectivity index (χ0v) is 10.5. The number of nitrogens with zero attached hydrogens (tertiary/aromatic N) is 3. The van der Waals surface area contributed by atoms with Crippen molar-refractivity contribution in [1.29, 1.82) is 0 Å². The summed E-state index contributed by atoms with van der Waals surface area (Å²) in [6, 6.07) is 2.61. The lowest BCUT2D eigenvalue weighted by Crippen LogP contribution is -2.38. The van der Waals surface area contributed by atoms with Gasteiger partial charge in [0.1, 0.15) is 0 Å². The van der Waals surface area contributed by atoms with E-state index in [1.807, 2.05) is 24.0 Å². The molecule has 0 spiro atoms. The van der Waals surface area contributed by atoms with Crippen molar-refractivity contribution in [2.75, 3.05) is 26.2 Å². The Morgan fingerprint density at radius 2 is 2.53 bits per heavy atom. The number of aliphatic hydroxyl groups is 1. The Bertz CT molecular complexity index is 333. The third-order valence-electron chi connectivity index (χ3n) is 3.21. The minimum atomic E-state index is 0.208. The van der Waals surface area contributed by atoms with E-state index in [-0.39, 0.29) is 6.61 Å². The fraction of sp³-hybridized carbons (Fsp3) is 0.750. The normalized spacial score (nSPS) is 20.3. The molecule has 0 amide bonds. The SMILES string of the molecule is Cn1ccc(CN(CCO)CC2CCCN2)n1. The van der Waals surface area contributed by atoms with Crippen LogP contribution in [-0.2, 0) is 13.6 Å². The highest BCUT2D eigenvalue weighted by Crippen LogP contribution is 2.09. The van der Waals surface area contributed by atoms with E-state index in [1.54, 1.807) is 0 Å². The van der Waals surface area contributed by atoms with Crippen molar-refractivity contribution in [3.8, 4) is 0 Å². The van der Waals surface area contributed by atoms with Crippen LogP contribution in [0.5, 0.6) is 0 Å². The predicted octanol–water partition coefficient (Wildman–Crippen LogP) is -0.0336. The van der Waals surface area contributed by atoms with E-state index in [9.17, 15) is 0 Å². The Hall–Kier alpha value is -0.910. The number of hydrogen-bond donors (Lipinski definition) is 2. The molecule has 1 atom stereocenters. The van der Waals surface area contributed by atoms with Gasteiger partial charge in [-0.15, -0.1) is 0 Å². The monoisotopic (exact) mass is 238 g/mol. The molecule has 1 unspecified atom stereocenters. The van der Waals surface area contributed by atoms with Crippen molar-refractivity contribution in [2.24, 2.45) is 7.05 Å². The van der Waals surface area contributed by atoms with Crippen molar-refractivity contribution >= 4 is 0 Å². The number of rotatable bonds is 6. The molecule has 5 heteroatoms. The van der Waals surface area contributed by atoms with Crippen molar-refractivity contribution in [2.45, 2.75) is 25.4 Å². The molecule has 2 heterocycles. The molecule has 1 aromatic rings. The molecule has 2 N–H and O–H groups in total. The summed E-state index contributed by atoms with van der Waals surface area (Å²) in [6.07, 6.45) is 4.46. The largest absolute Gasteiger partial charge is 0.395 e. The van der Waals surface area contributed by atoms with Gasteiger partial charge in [0, 0.05) is 38.9 Å². The summed E-state index contributed by atoms with van der Waals surface area (Å²) in [5.41, 5.74) is 1.07. The average molecular weight is 238 g/mol. The first-order valence-corrected chi connectivity index (χ1v) is 6.33. The highest BCUT2D eigenvalue weighted by Gasteiger charge is 2.18. The van der Waals surface area contributed by atoms with E-state index in [4.69, 9.17) is 5.11 Å². The van der Waals surface area contributed by atoms with Crippen LogP contribution >= 0.6 is 0 Å². The molecule has 2 rings (SSSR count). The molecule has 5 nitrogen and oxygen atoms in total. The van der Waals surface area contributed by atoms with Gasteiger partial charge in [0.2, 0.25) is 0 Å². The molecule has 0 aliphatic carbocycles. The zero-order chi connectivity index (χ0) is 12.1. The number of aliphatic hydroxyl groups excluding tert-OH is 1. The summed E-state index contributed by atoms with van der Waals surface area (Å²) in [7, 11) is 1.93. The van der Waals surface area contributed by atoms with E-state index in [0.29, 0.717) is 6.04 Å². The van der Waals surface area contributed by atoms with Crippen molar-refractivity contribution in [3.63, 3.8) is 0 Å². The maximum absolute atomic E-state index is 9.11. The van der Waals surface area contributed by atoms with Crippen molar-refractivity contribution in [1.82, 2.24) is 20.0 Å². The van der Waals surface area contributed by atoms with Crippen LogP contribution in [0.4, 0.5) is 0 Å². The highest BCUT2D eigenvalue weighted by atomic mass is 16.3. The fourth-order valence-corrected chi connectivity index (χ4v) is 2.38. The minimum absolute atomic E-state index is 0.208. The lowest BCUT2D eigenvalue weighted by atomic mass is 10.2. The molecule has 1 aliphatic heterocycles. The molecule has 17 heavy (non-hydrogen) atoms. The first kappa shape index (κ1) is 12.5. The summed E-state index contributed by atoms with van der Waals surface area (Å²) in [4.78, 5) is 2.27. The van der Waals surface area contributed by atoms with Crippen LogP contribution in [0.3, 0.4) is 0 Å². The second kappa shape index (κ2) is 6.14. The molecule has 96 valence electrons. The summed E-state index contributed by atoms with van der Waals surface area (Å²) < 4.78 is 1.82. The third-order valence-corrected chi connectivity index (χ3v) is 3.21. The van der Waals surface area contributed by atoms with E-state index < -0.39 is 0 Å². The first-order valence-electron chi connectivity index (χ1n) is 6.33. The van der Waals surface area contributed by atoms with Gasteiger partial charge in [0.15, 0.2) is 0 Å². The third kappa shape index (κ3) is 3.80. The molecular weight excluding hydrogens is 216 g/mol. The van der Waals surface area contributed by atoms with Gasteiger partial charge < -0.3 is 10.4 Å². The highest BCUT2D eigenvalue weighted by molar-refractivity contribution is 4.98. The van der Waals surface area contributed by atoms with Crippen LogP contribution in [0.25, 0.3) is 0 Å². The van der Waals surface area contributed by atoms with Crippen LogP contribution in [0, 0.1) is 0 Å². The summed E-state index contributed by atoms with van der Waals surface area (Å²) in [6.45, 7) is 3.87. The smallest absolute Gasteiger partial charge is 0.0764 e. The summed E-state index contributed by atoms with van der Waals surface area (Å²) in [5.74, 6) is 0. The maximum Gasteiger partial charge on any atom is 0.0764 e. The van der Waals surface area contributed by atoms with E-state index in [0.717, 1.165) is 31.9 Å². The van der Waals surface area contributed by atoms with Crippen LogP contribution in [0.1, 0.15) is 18.5 Å². The molecule has 0 saturated carbocycles. The Morgan fingerprint density at radius 3 is 3.12 bits per heavy atom. The van der Waals surface area contributed by atoms with Crippen LogP contribution in [-0.4, -0.2) is 52.1 Å². The van der Waals surface area contributed by atoms with Gasteiger partial charge >= 0.3 is 0 Å². The van der Waals surface area contributed by atoms with Gasteiger partial charge in [-0.25, -0.2) is 0 Å². The molecule has 1 fully saturated rings.